The Kier molecular flexibility index (Phi) is 6.62. The number of fused-ring (bicyclic) bond motifs is 1. The van der Waals surface area contributed by atoms with Crippen molar-refractivity contribution in [1.29, 1.82) is 5.26 Å². The van der Waals surface area contributed by atoms with Gasteiger partial charge in [0.05, 0.1) is 11.6 Å². The average molecular weight is 511 g/mol. The summed E-state index contributed by atoms with van der Waals surface area (Å²) in [5.41, 5.74) is 2.14. The Morgan fingerprint density at radius 2 is 1.84 bits per heavy atom. The van der Waals surface area contributed by atoms with Gasteiger partial charge in [0, 0.05) is 38.3 Å². The van der Waals surface area contributed by atoms with Crippen LogP contribution in [0.2, 0.25) is 0 Å². The van der Waals surface area contributed by atoms with E-state index in [1.165, 1.54) is 22.8 Å². The first-order chi connectivity index (χ1) is 18.3. The van der Waals surface area contributed by atoms with E-state index in [4.69, 9.17) is 6.57 Å². The summed E-state index contributed by atoms with van der Waals surface area (Å²) in [7, 11) is 1.58. The molecule has 0 spiro atoms. The second-order valence-corrected chi connectivity index (χ2v) is 9.36. The van der Waals surface area contributed by atoms with Crippen molar-refractivity contribution in [2.75, 3.05) is 24.5 Å². The summed E-state index contributed by atoms with van der Waals surface area (Å²) < 4.78 is 30.1. The molecular formula is C29H24F2N6O. The Morgan fingerprint density at radius 1 is 1.11 bits per heavy atom. The van der Waals surface area contributed by atoms with Gasteiger partial charge in [0.15, 0.2) is 0 Å². The molecule has 0 N–H and O–H groups in total. The van der Waals surface area contributed by atoms with E-state index < -0.39 is 11.6 Å². The number of nitriles is 1. The molecule has 1 unspecified atom stereocenters. The molecule has 38 heavy (non-hydrogen) atoms. The second-order valence-electron chi connectivity index (χ2n) is 9.36. The largest absolute Gasteiger partial charge is 0.364 e. The topological polar surface area (TPSA) is 69.5 Å². The van der Waals surface area contributed by atoms with Crippen LogP contribution in [-0.2, 0) is 7.05 Å². The predicted octanol–water partition coefficient (Wildman–Crippen LogP) is 4.93. The molecule has 190 valence electrons. The lowest BCUT2D eigenvalue weighted by atomic mass is 9.94. The predicted molar refractivity (Wildman–Crippen MR) is 141 cm³/mol. The smallest absolute Gasteiger partial charge is 0.271 e. The summed E-state index contributed by atoms with van der Waals surface area (Å²) >= 11 is 0. The Hall–Kier alpha value is -4.60. The quantitative estimate of drug-likeness (QED) is 0.364. The lowest BCUT2D eigenvalue weighted by Gasteiger charge is -2.45. The monoisotopic (exact) mass is 510 g/mol. The minimum absolute atomic E-state index is 0.0283. The maximum Gasteiger partial charge on any atom is 0.271 e. The summed E-state index contributed by atoms with van der Waals surface area (Å²) in [6.45, 7) is 10.7. The number of pyridine rings is 2. The number of hydrogen-bond acceptors (Lipinski definition) is 5. The van der Waals surface area contributed by atoms with Gasteiger partial charge in [0.1, 0.15) is 29.0 Å². The zero-order valence-corrected chi connectivity index (χ0v) is 20.9. The summed E-state index contributed by atoms with van der Waals surface area (Å²) in [5, 5.41) is 9.94. The fourth-order valence-corrected chi connectivity index (χ4v) is 5.30. The van der Waals surface area contributed by atoms with Crippen LogP contribution in [0, 0.1) is 29.5 Å². The van der Waals surface area contributed by atoms with Crippen LogP contribution in [-0.4, -0.2) is 40.1 Å². The van der Waals surface area contributed by atoms with Crippen LogP contribution in [0.15, 0.2) is 65.5 Å². The van der Waals surface area contributed by atoms with E-state index in [-0.39, 0.29) is 29.1 Å². The van der Waals surface area contributed by atoms with Crippen LogP contribution in [0.5, 0.6) is 0 Å². The van der Waals surface area contributed by atoms with Gasteiger partial charge in [-0.2, -0.15) is 5.26 Å². The number of nitrogens with zero attached hydrogens (tertiary/aromatic N) is 6. The number of rotatable bonds is 4. The number of halogens is 2. The van der Waals surface area contributed by atoms with Crippen LogP contribution in [0.3, 0.4) is 0 Å². The fraction of sp³-hybridized carbons (Fsp3) is 0.241. The summed E-state index contributed by atoms with van der Waals surface area (Å²) in [5.74, 6) is -0.549. The number of anilines is 1. The van der Waals surface area contributed by atoms with Crippen LogP contribution >= 0.6 is 0 Å². The maximum atomic E-state index is 15.0. The van der Waals surface area contributed by atoms with E-state index in [0.29, 0.717) is 41.9 Å². The van der Waals surface area contributed by atoms with Crippen molar-refractivity contribution in [3.05, 3.63) is 111 Å². The minimum atomic E-state index is -0.461. The van der Waals surface area contributed by atoms with Crippen molar-refractivity contribution in [3.8, 4) is 6.07 Å². The Bertz CT molecular complexity index is 1670. The maximum absolute atomic E-state index is 15.0. The van der Waals surface area contributed by atoms with Crippen molar-refractivity contribution in [2.45, 2.75) is 19.0 Å². The van der Waals surface area contributed by atoms with Crippen molar-refractivity contribution in [3.63, 3.8) is 0 Å². The zero-order chi connectivity index (χ0) is 27.0. The van der Waals surface area contributed by atoms with Gasteiger partial charge in [-0.05, 0) is 42.8 Å². The van der Waals surface area contributed by atoms with Gasteiger partial charge in [-0.15, -0.1) is 4.98 Å². The van der Waals surface area contributed by atoms with Gasteiger partial charge in [0.25, 0.3) is 11.4 Å². The third kappa shape index (κ3) is 4.27. The minimum Gasteiger partial charge on any atom is -0.364 e. The molecule has 0 radical (unpaired) electrons. The fourth-order valence-electron chi connectivity index (χ4n) is 5.30. The van der Waals surface area contributed by atoms with E-state index in [1.807, 2.05) is 11.8 Å². The molecule has 0 saturated carbocycles. The highest BCUT2D eigenvalue weighted by Crippen LogP contribution is 2.36. The number of piperazine rings is 1. The standard InChI is InChI=1S/C29H24F2N6O/c1-18-17-36(28-22(16-32)29(38)35(3)24-12-13-25(33-2)34-26(24)28)14-15-37(18)27(19-8-10-20(30)11-9-19)21-6-4-5-7-23(21)31/h4-13,18,27H,14-15,17H2,1,3H3/t18-,27?/m1/s1. The van der Waals surface area contributed by atoms with Gasteiger partial charge in [-0.3, -0.25) is 9.69 Å². The Balaban J connectivity index is 1.58. The molecule has 3 heterocycles. The lowest BCUT2D eigenvalue weighted by molar-refractivity contribution is 0.148. The first-order valence-corrected chi connectivity index (χ1v) is 12.2. The first-order valence-electron chi connectivity index (χ1n) is 12.2. The molecule has 7 nitrogen and oxygen atoms in total. The summed E-state index contributed by atoms with van der Waals surface area (Å²) in [6.07, 6.45) is 0. The number of aromatic nitrogens is 2. The number of hydrogen-bond donors (Lipinski definition) is 0. The Labute approximate surface area is 218 Å². The van der Waals surface area contributed by atoms with E-state index in [0.717, 1.165) is 5.56 Å². The van der Waals surface area contributed by atoms with Gasteiger partial charge in [-0.25, -0.2) is 8.78 Å². The van der Waals surface area contributed by atoms with Crippen LogP contribution in [0.1, 0.15) is 29.7 Å². The van der Waals surface area contributed by atoms with Gasteiger partial charge < -0.3 is 14.3 Å². The van der Waals surface area contributed by atoms with Crippen LogP contribution in [0.25, 0.3) is 15.9 Å². The summed E-state index contributed by atoms with van der Waals surface area (Å²) in [4.78, 5) is 25.1. The van der Waals surface area contributed by atoms with Crippen molar-refractivity contribution in [2.24, 2.45) is 7.05 Å². The summed E-state index contributed by atoms with van der Waals surface area (Å²) in [6, 6.07) is 17.3. The van der Waals surface area contributed by atoms with Crippen LogP contribution < -0.4 is 10.5 Å². The molecule has 2 aromatic heterocycles. The molecule has 1 aliphatic rings. The molecule has 2 atom stereocenters. The molecule has 4 aromatic rings. The molecule has 0 aliphatic carbocycles. The molecule has 1 fully saturated rings. The molecule has 5 rings (SSSR count). The normalized spacial score (nSPS) is 16.7. The van der Waals surface area contributed by atoms with Crippen molar-refractivity contribution < 1.29 is 8.78 Å². The van der Waals surface area contributed by atoms with E-state index >= 15 is 4.39 Å². The highest BCUT2D eigenvalue weighted by atomic mass is 19.1. The lowest BCUT2D eigenvalue weighted by Crippen LogP contribution is -2.53. The molecule has 0 amide bonds. The Morgan fingerprint density at radius 3 is 2.50 bits per heavy atom. The number of benzene rings is 2. The molecule has 9 heteroatoms. The van der Waals surface area contributed by atoms with Crippen molar-refractivity contribution >= 4 is 22.5 Å². The van der Waals surface area contributed by atoms with E-state index in [2.05, 4.69) is 20.8 Å². The van der Waals surface area contributed by atoms with Crippen molar-refractivity contribution in [1.82, 2.24) is 14.5 Å². The molecular weight excluding hydrogens is 486 g/mol. The molecule has 1 aliphatic heterocycles. The highest BCUT2D eigenvalue weighted by Gasteiger charge is 2.35. The third-order valence-corrected chi connectivity index (χ3v) is 7.14. The van der Waals surface area contributed by atoms with Crippen LogP contribution in [0.4, 0.5) is 20.3 Å². The second kappa shape index (κ2) is 10.0. The van der Waals surface area contributed by atoms with E-state index in [1.54, 1.807) is 49.5 Å². The molecule has 0 bridgehead atoms. The average Bonchev–Trinajstić information content (AvgIpc) is 2.93. The van der Waals surface area contributed by atoms with Gasteiger partial charge in [-0.1, -0.05) is 36.9 Å². The molecule has 1 saturated heterocycles. The van der Waals surface area contributed by atoms with Gasteiger partial charge in [0.2, 0.25) is 5.52 Å². The third-order valence-electron chi connectivity index (χ3n) is 7.14. The zero-order valence-electron chi connectivity index (χ0n) is 20.9. The van der Waals surface area contributed by atoms with Gasteiger partial charge >= 0.3 is 0 Å². The van der Waals surface area contributed by atoms with E-state index in [9.17, 15) is 14.4 Å². The SMILES string of the molecule is [C-]#[N+]c1ccc2c(n1)c(N1CCN(C(c3ccc(F)cc3)c3ccccc3F)[C@H](C)C1)c(C#N)c(=O)n2C. The first kappa shape index (κ1) is 25.1. The number of aryl methyl sites for hydroxylation is 1. The highest BCUT2D eigenvalue weighted by molar-refractivity contribution is 5.92. The molecule has 2 aromatic carbocycles.